The maximum Gasteiger partial charge on any atom is 0.176 e. The molecule has 0 aromatic heterocycles. The normalized spacial score (nSPS) is 11.8. The van der Waals surface area contributed by atoms with E-state index in [1.807, 2.05) is 31.2 Å². The molecule has 0 spiro atoms. The topological polar surface area (TPSA) is 35.5 Å². The van der Waals surface area contributed by atoms with Gasteiger partial charge in [0.05, 0.1) is 24.5 Å². The number of methoxy groups -OCH3 is 2. The lowest BCUT2D eigenvalue weighted by molar-refractivity contribution is 0.0993. The Balaban J connectivity index is 2.19. The Hall–Kier alpha value is -1.65. The van der Waals surface area contributed by atoms with Crippen LogP contribution in [0.1, 0.15) is 17.3 Å². The lowest BCUT2D eigenvalue weighted by Crippen LogP contribution is -2.13. The summed E-state index contributed by atoms with van der Waals surface area (Å²) in [6, 6.07) is 12.7. The number of thioether (sulfide) groups is 1. The number of carbonyl (C=O) groups is 1. The molecule has 0 radical (unpaired) electrons. The van der Waals surface area contributed by atoms with Gasteiger partial charge in [-0.1, -0.05) is 23.7 Å². The number of ketones is 1. The molecule has 0 aliphatic rings. The monoisotopic (exact) mass is 336 g/mol. The fourth-order valence-corrected chi connectivity index (χ4v) is 3.24. The van der Waals surface area contributed by atoms with E-state index in [1.165, 1.54) is 11.8 Å². The maximum absolute atomic E-state index is 12.6. The first kappa shape index (κ1) is 16.7. The Kier molecular flexibility index (Phi) is 5.75. The zero-order chi connectivity index (χ0) is 16.1. The average Bonchev–Trinajstić information content (AvgIpc) is 2.55. The highest BCUT2D eigenvalue weighted by atomic mass is 35.5. The van der Waals surface area contributed by atoms with E-state index in [4.69, 9.17) is 21.1 Å². The van der Waals surface area contributed by atoms with Crippen molar-refractivity contribution < 1.29 is 14.3 Å². The van der Waals surface area contributed by atoms with E-state index < -0.39 is 0 Å². The fourth-order valence-electron chi connectivity index (χ4n) is 2.01. The van der Waals surface area contributed by atoms with Crippen LogP contribution in [0.5, 0.6) is 11.5 Å². The number of halogens is 1. The predicted molar refractivity (Wildman–Crippen MR) is 90.6 cm³/mol. The Bertz CT molecular complexity index is 673. The van der Waals surface area contributed by atoms with Crippen LogP contribution in [-0.4, -0.2) is 25.3 Å². The predicted octanol–water partition coefficient (Wildman–Crippen LogP) is 4.72. The van der Waals surface area contributed by atoms with E-state index in [0.29, 0.717) is 22.1 Å². The minimum absolute atomic E-state index is 0.0193. The minimum atomic E-state index is -0.252. The van der Waals surface area contributed by atoms with Gasteiger partial charge >= 0.3 is 0 Å². The third-order valence-electron chi connectivity index (χ3n) is 3.18. The van der Waals surface area contributed by atoms with Crippen molar-refractivity contribution in [2.24, 2.45) is 0 Å². The Morgan fingerprint density at radius 2 is 1.77 bits per heavy atom. The minimum Gasteiger partial charge on any atom is -0.493 e. The van der Waals surface area contributed by atoms with Crippen molar-refractivity contribution in [2.75, 3.05) is 14.2 Å². The molecule has 0 fully saturated rings. The van der Waals surface area contributed by atoms with Gasteiger partial charge in [-0.25, -0.2) is 0 Å². The van der Waals surface area contributed by atoms with Crippen LogP contribution in [0.25, 0.3) is 0 Å². The molecule has 22 heavy (non-hydrogen) atoms. The van der Waals surface area contributed by atoms with Crippen molar-refractivity contribution in [3.63, 3.8) is 0 Å². The number of hydrogen-bond acceptors (Lipinski definition) is 4. The molecule has 0 bridgehead atoms. The molecule has 0 amide bonds. The van der Waals surface area contributed by atoms with Gasteiger partial charge in [-0.3, -0.25) is 4.79 Å². The highest BCUT2D eigenvalue weighted by Gasteiger charge is 2.19. The highest BCUT2D eigenvalue weighted by molar-refractivity contribution is 8.00. The third kappa shape index (κ3) is 3.76. The zero-order valence-corrected chi connectivity index (χ0v) is 14.2. The van der Waals surface area contributed by atoms with Gasteiger partial charge in [0.2, 0.25) is 0 Å². The lowest BCUT2D eigenvalue weighted by atomic mass is 10.1. The molecule has 0 aliphatic carbocycles. The molecule has 0 heterocycles. The molecule has 2 aromatic rings. The summed E-state index contributed by atoms with van der Waals surface area (Å²) in [5.74, 6) is 1.17. The summed E-state index contributed by atoms with van der Waals surface area (Å²) in [7, 11) is 3.11. The molecule has 0 saturated carbocycles. The van der Waals surface area contributed by atoms with Gasteiger partial charge in [-0.2, -0.15) is 0 Å². The van der Waals surface area contributed by atoms with E-state index in [-0.39, 0.29) is 11.0 Å². The van der Waals surface area contributed by atoms with Crippen LogP contribution in [-0.2, 0) is 0 Å². The number of benzene rings is 2. The highest BCUT2D eigenvalue weighted by Crippen LogP contribution is 2.33. The first-order valence-corrected chi connectivity index (χ1v) is 8.00. The van der Waals surface area contributed by atoms with E-state index in [0.717, 1.165) is 4.90 Å². The molecule has 116 valence electrons. The standard InChI is InChI=1S/C17H17ClO3S/c1-11(22-16-7-5-4-6-13(16)18)17(19)12-8-9-14(20-2)15(10-12)21-3/h4-11H,1-3H3. The molecule has 2 aromatic carbocycles. The van der Waals surface area contributed by atoms with E-state index in [1.54, 1.807) is 32.4 Å². The van der Waals surface area contributed by atoms with Crippen molar-refractivity contribution in [3.05, 3.63) is 53.1 Å². The van der Waals surface area contributed by atoms with Gasteiger partial charge in [0.15, 0.2) is 17.3 Å². The molecule has 0 saturated heterocycles. The van der Waals surface area contributed by atoms with Crippen LogP contribution in [0.15, 0.2) is 47.4 Å². The average molecular weight is 337 g/mol. The first-order valence-electron chi connectivity index (χ1n) is 6.74. The lowest BCUT2D eigenvalue weighted by Gasteiger charge is -2.13. The Morgan fingerprint density at radius 1 is 1.09 bits per heavy atom. The van der Waals surface area contributed by atoms with Crippen molar-refractivity contribution in [1.82, 2.24) is 0 Å². The second-order valence-electron chi connectivity index (χ2n) is 4.62. The number of rotatable bonds is 6. The molecule has 3 nitrogen and oxygen atoms in total. The number of hydrogen-bond donors (Lipinski definition) is 0. The SMILES string of the molecule is COc1ccc(C(=O)C(C)Sc2ccccc2Cl)cc1OC. The molecular formula is C17H17ClO3S. The summed E-state index contributed by atoms with van der Waals surface area (Å²) < 4.78 is 10.4. The molecule has 0 N–H and O–H groups in total. The van der Waals surface area contributed by atoms with Gasteiger partial charge in [0, 0.05) is 10.5 Å². The Morgan fingerprint density at radius 3 is 2.41 bits per heavy atom. The van der Waals surface area contributed by atoms with Gasteiger partial charge in [0.1, 0.15) is 0 Å². The third-order valence-corrected chi connectivity index (χ3v) is 4.80. The van der Waals surface area contributed by atoms with Crippen molar-refractivity contribution in [2.45, 2.75) is 17.1 Å². The van der Waals surface area contributed by atoms with Crippen LogP contribution in [0, 0.1) is 0 Å². The van der Waals surface area contributed by atoms with Gasteiger partial charge in [0.25, 0.3) is 0 Å². The zero-order valence-electron chi connectivity index (χ0n) is 12.6. The summed E-state index contributed by atoms with van der Waals surface area (Å²) in [6.45, 7) is 1.87. The van der Waals surface area contributed by atoms with Crippen LogP contribution >= 0.6 is 23.4 Å². The van der Waals surface area contributed by atoms with Gasteiger partial charge in [-0.05, 0) is 37.3 Å². The summed E-state index contributed by atoms with van der Waals surface area (Å²) >= 11 is 7.58. The summed E-state index contributed by atoms with van der Waals surface area (Å²) in [6.07, 6.45) is 0. The second kappa shape index (κ2) is 7.56. The smallest absolute Gasteiger partial charge is 0.176 e. The molecule has 0 aliphatic heterocycles. The van der Waals surface area contributed by atoms with Crippen LogP contribution < -0.4 is 9.47 Å². The van der Waals surface area contributed by atoms with Crippen molar-refractivity contribution in [1.29, 1.82) is 0 Å². The number of carbonyl (C=O) groups excluding carboxylic acids is 1. The van der Waals surface area contributed by atoms with Gasteiger partial charge in [-0.15, -0.1) is 11.8 Å². The fraction of sp³-hybridized carbons (Fsp3) is 0.235. The van der Waals surface area contributed by atoms with E-state index in [9.17, 15) is 4.79 Å². The maximum atomic E-state index is 12.6. The van der Waals surface area contributed by atoms with Crippen molar-refractivity contribution in [3.8, 4) is 11.5 Å². The summed E-state index contributed by atoms with van der Waals surface area (Å²) in [5.41, 5.74) is 0.588. The van der Waals surface area contributed by atoms with Crippen LogP contribution in [0.2, 0.25) is 5.02 Å². The summed E-state index contributed by atoms with van der Waals surface area (Å²) in [5, 5.41) is 0.400. The first-order chi connectivity index (χ1) is 10.6. The molecular weight excluding hydrogens is 320 g/mol. The molecule has 5 heteroatoms. The Labute approximate surface area is 139 Å². The van der Waals surface area contributed by atoms with Crippen LogP contribution in [0.4, 0.5) is 0 Å². The second-order valence-corrected chi connectivity index (χ2v) is 6.41. The van der Waals surface area contributed by atoms with Crippen LogP contribution in [0.3, 0.4) is 0 Å². The largest absolute Gasteiger partial charge is 0.493 e. The molecule has 1 atom stereocenters. The molecule has 2 rings (SSSR count). The van der Waals surface area contributed by atoms with Gasteiger partial charge < -0.3 is 9.47 Å². The van der Waals surface area contributed by atoms with Crippen molar-refractivity contribution >= 4 is 29.1 Å². The number of Topliss-reactive ketones (excluding diaryl/α,β-unsaturated/α-hetero) is 1. The molecule has 1 unspecified atom stereocenters. The van der Waals surface area contributed by atoms with E-state index in [2.05, 4.69) is 0 Å². The number of ether oxygens (including phenoxy) is 2. The quantitative estimate of drug-likeness (QED) is 0.564. The van der Waals surface area contributed by atoms with E-state index >= 15 is 0 Å². The summed E-state index contributed by atoms with van der Waals surface area (Å²) in [4.78, 5) is 13.5.